The van der Waals surface area contributed by atoms with Crippen molar-refractivity contribution in [2.75, 3.05) is 19.5 Å². The molecule has 0 radical (unpaired) electrons. The Labute approximate surface area is 183 Å². The number of carbonyl (C=O) groups excluding carboxylic acids is 1. The van der Waals surface area contributed by atoms with Crippen LogP contribution >= 0.6 is 0 Å². The second-order valence-electron chi connectivity index (χ2n) is 8.95. The second kappa shape index (κ2) is 8.39. The zero-order chi connectivity index (χ0) is 22.3. The van der Waals surface area contributed by atoms with Crippen LogP contribution in [0.1, 0.15) is 61.3 Å². The van der Waals surface area contributed by atoms with Gasteiger partial charge in [0.2, 0.25) is 15.7 Å². The van der Waals surface area contributed by atoms with Crippen molar-refractivity contribution < 1.29 is 22.7 Å². The molecule has 7 nitrogen and oxygen atoms in total. The molecule has 31 heavy (non-hydrogen) atoms. The first-order chi connectivity index (χ1) is 14.7. The number of sulfone groups is 1. The van der Waals surface area contributed by atoms with Crippen LogP contribution in [-0.2, 0) is 38.8 Å². The van der Waals surface area contributed by atoms with E-state index in [1.54, 1.807) is 7.11 Å². The van der Waals surface area contributed by atoms with Crippen molar-refractivity contribution in [2.45, 2.75) is 69.5 Å². The average Bonchev–Trinajstić information content (AvgIpc) is 3.31. The van der Waals surface area contributed by atoms with Crippen LogP contribution in [0.2, 0.25) is 0 Å². The molecule has 1 aromatic heterocycles. The Balaban J connectivity index is 1.56. The Bertz CT molecular complexity index is 1100. The molecule has 0 bridgehead atoms. The van der Waals surface area contributed by atoms with E-state index in [4.69, 9.17) is 9.47 Å². The molecular formula is C23H30N2O5S. The number of Topliss-reactive ketones (excluding diaryl/α,β-unsaturated/α-hetero) is 1. The van der Waals surface area contributed by atoms with Gasteiger partial charge in [0.15, 0.2) is 10.8 Å². The molecule has 0 saturated heterocycles. The fourth-order valence-electron chi connectivity index (χ4n) is 4.69. The molecule has 1 aliphatic carbocycles. The predicted molar refractivity (Wildman–Crippen MR) is 117 cm³/mol. The van der Waals surface area contributed by atoms with E-state index in [9.17, 15) is 13.2 Å². The van der Waals surface area contributed by atoms with Crippen LogP contribution in [0.3, 0.4) is 0 Å². The van der Waals surface area contributed by atoms with Crippen molar-refractivity contribution in [1.29, 1.82) is 0 Å². The maximum absolute atomic E-state index is 13.0. The molecule has 0 saturated carbocycles. The number of benzene rings is 1. The summed E-state index contributed by atoms with van der Waals surface area (Å²) in [6.45, 7) is 7.16. The molecule has 2 aliphatic rings. The first kappa shape index (κ1) is 22.0. The van der Waals surface area contributed by atoms with Gasteiger partial charge in [0.25, 0.3) is 0 Å². The Morgan fingerprint density at radius 2 is 2.13 bits per heavy atom. The maximum atomic E-state index is 13.0. The van der Waals surface area contributed by atoms with E-state index in [0.717, 1.165) is 24.0 Å². The number of fused-ring (bicyclic) bond motifs is 2. The van der Waals surface area contributed by atoms with Gasteiger partial charge in [-0.25, -0.2) is 13.1 Å². The fourth-order valence-corrected chi connectivity index (χ4v) is 5.87. The van der Waals surface area contributed by atoms with Gasteiger partial charge in [0.1, 0.15) is 18.5 Å². The SMILES string of the molecule is COC1COc2cc(S(=O)(=O)CC(=O)Cc3c(C(C)C)ccc4c3C(C)CC4)nn2C1. The number of nitrogens with zero attached hydrogens (tertiary/aromatic N) is 2. The number of hydrogen-bond donors (Lipinski definition) is 0. The van der Waals surface area contributed by atoms with E-state index in [0.29, 0.717) is 24.9 Å². The molecule has 168 valence electrons. The summed E-state index contributed by atoms with van der Waals surface area (Å²) < 4.78 is 38.1. The molecular weight excluding hydrogens is 416 g/mol. The van der Waals surface area contributed by atoms with Crippen LogP contribution in [0, 0.1) is 0 Å². The quantitative estimate of drug-likeness (QED) is 0.650. The molecule has 8 heteroatoms. The van der Waals surface area contributed by atoms with Gasteiger partial charge < -0.3 is 9.47 Å². The van der Waals surface area contributed by atoms with Gasteiger partial charge in [0.05, 0.1) is 6.54 Å². The Morgan fingerprint density at radius 1 is 1.35 bits per heavy atom. The average molecular weight is 447 g/mol. The highest BCUT2D eigenvalue weighted by atomic mass is 32.2. The highest BCUT2D eigenvalue weighted by Crippen LogP contribution is 2.39. The summed E-state index contributed by atoms with van der Waals surface area (Å²) >= 11 is 0. The number of ketones is 1. The molecule has 1 aromatic carbocycles. The normalized spacial score (nSPS) is 20.4. The van der Waals surface area contributed by atoms with Crippen molar-refractivity contribution in [3.8, 4) is 5.88 Å². The number of methoxy groups -OCH3 is 1. The Hall–Kier alpha value is -2.19. The maximum Gasteiger partial charge on any atom is 0.213 e. The van der Waals surface area contributed by atoms with Gasteiger partial charge in [-0.05, 0) is 46.9 Å². The lowest BCUT2D eigenvalue weighted by atomic mass is 9.86. The molecule has 1 aliphatic heterocycles. The number of aryl methyl sites for hydroxylation is 1. The topological polar surface area (TPSA) is 87.5 Å². The molecule has 2 unspecified atom stereocenters. The van der Waals surface area contributed by atoms with Gasteiger partial charge in [-0.15, -0.1) is 0 Å². The zero-order valence-corrected chi connectivity index (χ0v) is 19.4. The van der Waals surface area contributed by atoms with E-state index in [1.165, 1.54) is 21.9 Å². The van der Waals surface area contributed by atoms with Crippen molar-refractivity contribution in [1.82, 2.24) is 9.78 Å². The smallest absolute Gasteiger partial charge is 0.213 e. The van der Waals surface area contributed by atoms with E-state index >= 15 is 0 Å². The third-order valence-corrected chi connectivity index (χ3v) is 7.88. The fraction of sp³-hybridized carbons (Fsp3) is 0.565. The van der Waals surface area contributed by atoms with Crippen molar-refractivity contribution in [3.63, 3.8) is 0 Å². The largest absolute Gasteiger partial charge is 0.475 e. The monoisotopic (exact) mass is 446 g/mol. The lowest BCUT2D eigenvalue weighted by molar-refractivity contribution is -0.116. The molecule has 0 fully saturated rings. The third-order valence-electron chi connectivity index (χ3n) is 6.34. The van der Waals surface area contributed by atoms with Gasteiger partial charge in [-0.3, -0.25) is 4.79 Å². The first-order valence-electron chi connectivity index (χ1n) is 10.8. The first-order valence-corrected chi connectivity index (χ1v) is 12.5. The summed E-state index contributed by atoms with van der Waals surface area (Å²) in [6.07, 6.45) is 2.04. The molecule has 2 aromatic rings. The molecule has 4 rings (SSSR count). The summed E-state index contributed by atoms with van der Waals surface area (Å²) in [4.78, 5) is 13.0. The predicted octanol–water partition coefficient (Wildman–Crippen LogP) is 3.05. The van der Waals surface area contributed by atoms with E-state index in [1.807, 2.05) is 0 Å². The Morgan fingerprint density at radius 3 is 2.84 bits per heavy atom. The molecule has 2 heterocycles. The minimum atomic E-state index is -3.86. The van der Waals surface area contributed by atoms with Gasteiger partial charge in [-0.1, -0.05) is 32.9 Å². The lowest BCUT2D eigenvalue weighted by Gasteiger charge is -2.22. The number of rotatable bonds is 7. The van der Waals surface area contributed by atoms with Gasteiger partial charge in [0, 0.05) is 19.6 Å². The Kier molecular flexibility index (Phi) is 5.96. The molecule has 0 N–H and O–H groups in total. The minimum absolute atomic E-state index is 0.122. The van der Waals surface area contributed by atoms with Crippen LogP contribution in [-0.4, -0.2) is 49.6 Å². The summed E-state index contributed by atoms with van der Waals surface area (Å²) in [6, 6.07) is 5.67. The second-order valence-corrected chi connectivity index (χ2v) is 10.9. The molecule has 0 amide bonds. The van der Waals surface area contributed by atoms with E-state index in [-0.39, 0.29) is 29.3 Å². The number of aromatic nitrogens is 2. The van der Waals surface area contributed by atoms with Gasteiger partial charge >= 0.3 is 0 Å². The summed E-state index contributed by atoms with van der Waals surface area (Å²) in [7, 11) is -2.29. The van der Waals surface area contributed by atoms with Crippen LogP contribution in [0.4, 0.5) is 0 Å². The van der Waals surface area contributed by atoms with Crippen molar-refractivity contribution >= 4 is 15.6 Å². The van der Waals surface area contributed by atoms with Crippen LogP contribution in [0.25, 0.3) is 0 Å². The van der Waals surface area contributed by atoms with Gasteiger partial charge in [-0.2, -0.15) is 5.10 Å². The number of carbonyl (C=O) groups is 1. The van der Waals surface area contributed by atoms with Crippen molar-refractivity contribution in [3.05, 3.63) is 40.5 Å². The van der Waals surface area contributed by atoms with Crippen LogP contribution in [0.5, 0.6) is 5.88 Å². The van der Waals surface area contributed by atoms with Crippen LogP contribution < -0.4 is 4.74 Å². The summed E-state index contributed by atoms with van der Waals surface area (Å²) in [5.41, 5.74) is 4.69. The van der Waals surface area contributed by atoms with Crippen LogP contribution in [0.15, 0.2) is 23.2 Å². The highest BCUT2D eigenvalue weighted by molar-refractivity contribution is 7.92. The van der Waals surface area contributed by atoms with E-state index < -0.39 is 15.6 Å². The highest BCUT2D eigenvalue weighted by Gasteiger charge is 2.30. The minimum Gasteiger partial charge on any atom is -0.475 e. The molecule has 2 atom stereocenters. The third kappa shape index (κ3) is 4.28. The summed E-state index contributed by atoms with van der Waals surface area (Å²) in [5, 5.41) is 4.05. The summed E-state index contributed by atoms with van der Waals surface area (Å²) in [5.74, 6) is 0.168. The lowest BCUT2D eigenvalue weighted by Crippen LogP contribution is -2.31. The van der Waals surface area contributed by atoms with E-state index in [2.05, 4.69) is 38.0 Å². The number of hydrogen-bond acceptors (Lipinski definition) is 6. The van der Waals surface area contributed by atoms with Crippen molar-refractivity contribution in [2.24, 2.45) is 0 Å². The zero-order valence-electron chi connectivity index (χ0n) is 18.6. The molecule has 0 spiro atoms. The standard InChI is InChI=1S/C23H30N2O5S/c1-14(2)19-8-7-16-6-5-15(3)23(16)20(19)9-17(26)13-31(27,28)21-10-22-25(24-21)11-18(29-4)12-30-22/h7-8,10,14-15,18H,5-6,9,11-13H2,1-4H3. The number of ether oxygens (including phenoxy) is 2.